The number of fused-ring (bicyclic) bond motifs is 1. The van der Waals surface area contributed by atoms with E-state index in [9.17, 15) is 9.59 Å². The lowest BCUT2D eigenvalue weighted by Gasteiger charge is -2.36. The Labute approximate surface area is 192 Å². The van der Waals surface area contributed by atoms with Crippen molar-refractivity contribution in [1.29, 1.82) is 0 Å². The summed E-state index contributed by atoms with van der Waals surface area (Å²) < 4.78 is 13.5. The van der Waals surface area contributed by atoms with Crippen molar-refractivity contribution in [2.75, 3.05) is 32.8 Å². The normalized spacial score (nSPS) is 18.6. The van der Waals surface area contributed by atoms with Crippen LogP contribution in [0.2, 0.25) is 0 Å². The number of para-hydroxylation sites is 1. The van der Waals surface area contributed by atoms with E-state index >= 15 is 0 Å². The SMILES string of the molecule is Cc1cccn2cc(COc3ccccc3C(=O)N3CCN(C(=O)C4CCCO4)CC3)nc12. The molecule has 2 saturated heterocycles. The maximum absolute atomic E-state index is 13.2. The van der Waals surface area contributed by atoms with Gasteiger partial charge in [0.15, 0.2) is 0 Å². The van der Waals surface area contributed by atoms with Crippen molar-refractivity contribution in [3.05, 3.63) is 65.6 Å². The first kappa shape index (κ1) is 21.5. The molecule has 1 atom stereocenters. The summed E-state index contributed by atoms with van der Waals surface area (Å²) in [6.07, 6.45) is 5.30. The molecular weight excluding hydrogens is 420 g/mol. The summed E-state index contributed by atoms with van der Waals surface area (Å²) in [6, 6.07) is 11.3. The van der Waals surface area contributed by atoms with E-state index in [1.807, 2.05) is 58.9 Å². The quantitative estimate of drug-likeness (QED) is 0.600. The molecule has 0 radical (unpaired) electrons. The fourth-order valence-electron chi connectivity index (χ4n) is 4.47. The Morgan fingerprint density at radius 3 is 2.64 bits per heavy atom. The smallest absolute Gasteiger partial charge is 0.257 e. The van der Waals surface area contributed by atoms with E-state index in [-0.39, 0.29) is 24.5 Å². The molecular formula is C25H28N4O4. The van der Waals surface area contributed by atoms with Crippen molar-refractivity contribution in [3.8, 4) is 5.75 Å². The molecule has 0 bridgehead atoms. The van der Waals surface area contributed by atoms with Gasteiger partial charge in [0, 0.05) is 45.2 Å². The lowest BCUT2D eigenvalue weighted by molar-refractivity contribution is -0.142. The Morgan fingerprint density at radius 1 is 1.09 bits per heavy atom. The van der Waals surface area contributed by atoms with E-state index in [0.29, 0.717) is 44.1 Å². The van der Waals surface area contributed by atoms with Gasteiger partial charge in [-0.15, -0.1) is 0 Å². The standard InChI is InChI=1S/C25H28N4O4/c1-18-6-4-10-29-16-19(26-23(18)29)17-33-21-8-3-2-7-20(21)24(30)27-11-13-28(14-12-27)25(31)22-9-5-15-32-22/h2-4,6-8,10,16,22H,5,9,11-15,17H2,1H3. The number of carbonyl (C=O) groups is 2. The van der Waals surface area contributed by atoms with Gasteiger partial charge in [0.2, 0.25) is 0 Å². The lowest BCUT2D eigenvalue weighted by atomic mass is 10.1. The molecule has 3 aromatic rings. The van der Waals surface area contributed by atoms with E-state index in [0.717, 1.165) is 29.7 Å². The molecule has 0 N–H and O–H groups in total. The number of hydrogen-bond acceptors (Lipinski definition) is 5. The topological polar surface area (TPSA) is 76.4 Å². The molecule has 1 unspecified atom stereocenters. The monoisotopic (exact) mass is 448 g/mol. The number of piperazine rings is 1. The molecule has 2 aromatic heterocycles. The van der Waals surface area contributed by atoms with Gasteiger partial charge in [-0.3, -0.25) is 9.59 Å². The van der Waals surface area contributed by atoms with Crippen molar-refractivity contribution in [3.63, 3.8) is 0 Å². The van der Waals surface area contributed by atoms with Crippen molar-refractivity contribution < 1.29 is 19.1 Å². The second kappa shape index (κ2) is 9.23. The predicted octanol–water partition coefficient (Wildman–Crippen LogP) is 2.69. The molecule has 1 aromatic carbocycles. The molecule has 0 spiro atoms. The average molecular weight is 449 g/mol. The zero-order valence-corrected chi connectivity index (χ0v) is 18.8. The van der Waals surface area contributed by atoms with Crippen LogP contribution in [-0.2, 0) is 16.1 Å². The number of imidazole rings is 1. The summed E-state index contributed by atoms with van der Waals surface area (Å²) in [6.45, 7) is 4.99. The minimum absolute atomic E-state index is 0.0472. The van der Waals surface area contributed by atoms with Crippen molar-refractivity contribution in [2.45, 2.75) is 32.5 Å². The van der Waals surface area contributed by atoms with Gasteiger partial charge in [-0.1, -0.05) is 18.2 Å². The van der Waals surface area contributed by atoms with Crippen LogP contribution in [-0.4, -0.2) is 69.9 Å². The number of hydrogen-bond donors (Lipinski definition) is 0. The number of nitrogens with zero attached hydrogens (tertiary/aromatic N) is 4. The molecule has 8 heteroatoms. The lowest BCUT2D eigenvalue weighted by Crippen LogP contribution is -2.52. The maximum atomic E-state index is 13.2. The zero-order chi connectivity index (χ0) is 22.8. The van der Waals surface area contributed by atoms with Crippen LogP contribution in [0.25, 0.3) is 5.65 Å². The van der Waals surface area contributed by atoms with Gasteiger partial charge < -0.3 is 23.7 Å². The number of aryl methyl sites for hydroxylation is 1. The predicted molar refractivity (Wildman–Crippen MR) is 122 cm³/mol. The fraction of sp³-hybridized carbons (Fsp3) is 0.400. The maximum Gasteiger partial charge on any atom is 0.257 e. The Morgan fingerprint density at radius 2 is 1.88 bits per heavy atom. The Bertz CT molecular complexity index is 1160. The molecule has 0 aliphatic carbocycles. The van der Waals surface area contributed by atoms with Crippen molar-refractivity contribution in [1.82, 2.24) is 19.2 Å². The Hall–Kier alpha value is -3.39. The number of rotatable bonds is 5. The highest BCUT2D eigenvalue weighted by atomic mass is 16.5. The van der Waals surface area contributed by atoms with E-state index in [4.69, 9.17) is 9.47 Å². The first-order valence-electron chi connectivity index (χ1n) is 11.4. The third kappa shape index (κ3) is 4.43. The van der Waals surface area contributed by atoms with Crippen LogP contribution in [0, 0.1) is 6.92 Å². The number of ether oxygens (including phenoxy) is 2. The summed E-state index contributed by atoms with van der Waals surface area (Å²) in [7, 11) is 0. The van der Waals surface area contributed by atoms with Crippen LogP contribution in [0.3, 0.4) is 0 Å². The highest BCUT2D eigenvalue weighted by Crippen LogP contribution is 2.23. The molecule has 2 amide bonds. The minimum Gasteiger partial charge on any atom is -0.486 e. The van der Waals surface area contributed by atoms with Crippen LogP contribution in [0.4, 0.5) is 0 Å². The van der Waals surface area contributed by atoms with E-state index in [1.165, 1.54) is 0 Å². The van der Waals surface area contributed by atoms with Gasteiger partial charge in [-0.2, -0.15) is 0 Å². The van der Waals surface area contributed by atoms with Crippen LogP contribution < -0.4 is 4.74 Å². The van der Waals surface area contributed by atoms with Crippen LogP contribution in [0.5, 0.6) is 5.75 Å². The highest BCUT2D eigenvalue weighted by Gasteiger charge is 2.32. The summed E-state index contributed by atoms with van der Waals surface area (Å²) in [4.78, 5) is 34.1. The molecule has 4 heterocycles. The molecule has 5 rings (SSSR count). The summed E-state index contributed by atoms with van der Waals surface area (Å²) in [5, 5.41) is 0. The molecule has 2 aliphatic heterocycles. The van der Waals surface area contributed by atoms with E-state index < -0.39 is 0 Å². The first-order valence-corrected chi connectivity index (χ1v) is 11.4. The van der Waals surface area contributed by atoms with E-state index in [2.05, 4.69) is 4.98 Å². The first-order chi connectivity index (χ1) is 16.1. The van der Waals surface area contributed by atoms with Crippen LogP contribution in [0.15, 0.2) is 48.8 Å². The molecule has 0 saturated carbocycles. The summed E-state index contributed by atoms with van der Waals surface area (Å²) in [5.41, 5.74) is 3.32. The molecule has 2 aliphatic rings. The fourth-order valence-corrected chi connectivity index (χ4v) is 4.47. The van der Waals surface area contributed by atoms with Crippen LogP contribution in [0.1, 0.15) is 34.5 Å². The van der Waals surface area contributed by atoms with Crippen LogP contribution >= 0.6 is 0 Å². The van der Waals surface area contributed by atoms with Gasteiger partial charge in [-0.25, -0.2) is 4.98 Å². The number of benzene rings is 1. The number of aromatic nitrogens is 2. The third-order valence-corrected chi connectivity index (χ3v) is 6.30. The third-order valence-electron chi connectivity index (χ3n) is 6.30. The van der Waals surface area contributed by atoms with Gasteiger partial charge in [0.1, 0.15) is 24.1 Å². The van der Waals surface area contributed by atoms with Crippen molar-refractivity contribution >= 4 is 17.5 Å². The minimum atomic E-state index is -0.315. The van der Waals surface area contributed by atoms with E-state index in [1.54, 1.807) is 11.0 Å². The highest BCUT2D eigenvalue weighted by molar-refractivity contribution is 5.97. The number of pyridine rings is 1. The largest absolute Gasteiger partial charge is 0.486 e. The van der Waals surface area contributed by atoms with Crippen molar-refractivity contribution in [2.24, 2.45) is 0 Å². The molecule has 2 fully saturated rings. The Balaban J connectivity index is 1.23. The van der Waals surface area contributed by atoms with Gasteiger partial charge >= 0.3 is 0 Å². The zero-order valence-electron chi connectivity index (χ0n) is 18.8. The number of amides is 2. The second-order valence-electron chi connectivity index (χ2n) is 8.56. The van der Waals surface area contributed by atoms with Gasteiger partial charge in [-0.05, 0) is 43.5 Å². The van der Waals surface area contributed by atoms with Gasteiger partial charge in [0.25, 0.3) is 11.8 Å². The Kier molecular flexibility index (Phi) is 6.00. The number of carbonyl (C=O) groups excluding carboxylic acids is 2. The second-order valence-corrected chi connectivity index (χ2v) is 8.56. The van der Waals surface area contributed by atoms with Gasteiger partial charge in [0.05, 0.1) is 11.3 Å². The average Bonchev–Trinajstić information content (AvgIpc) is 3.53. The molecule has 8 nitrogen and oxygen atoms in total. The molecule has 33 heavy (non-hydrogen) atoms. The summed E-state index contributed by atoms with van der Waals surface area (Å²) >= 11 is 0. The molecule has 172 valence electrons. The summed E-state index contributed by atoms with van der Waals surface area (Å²) in [5.74, 6) is 0.501.